The van der Waals surface area contributed by atoms with Crippen LogP contribution >= 0.6 is 23.5 Å². The van der Waals surface area contributed by atoms with E-state index in [1.54, 1.807) is 23.9 Å². The van der Waals surface area contributed by atoms with Crippen molar-refractivity contribution in [2.24, 2.45) is 0 Å². The van der Waals surface area contributed by atoms with E-state index in [0.29, 0.717) is 17.5 Å². The van der Waals surface area contributed by atoms with Crippen molar-refractivity contribution >= 4 is 29.3 Å². The van der Waals surface area contributed by atoms with Crippen LogP contribution in [0.3, 0.4) is 0 Å². The largest absolute Gasteiger partial charge is 0.508 e. The lowest BCUT2D eigenvalue weighted by atomic mass is 10.1. The van der Waals surface area contributed by atoms with Crippen molar-refractivity contribution in [3.05, 3.63) is 29.8 Å². The molecule has 2 unspecified atom stereocenters. The standard InChI is InChI=1S/C13H16O2S2/c1-9-13(17-7-6-16-9)12(15)8-10-2-4-11(14)5-3-10/h2-5,9,13-14H,6-8H2,1H3. The summed E-state index contributed by atoms with van der Waals surface area (Å²) in [5.41, 5.74) is 0.983. The minimum Gasteiger partial charge on any atom is -0.508 e. The molecule has 2 atom stereocenters. The van der Waals surface area contributed by atoms with Gasteiger partial charge in [-0.25, -0.2) is 0 Å². The Morgan fingerprint density at radius 3 is 2.59 bits per heavy atom. The van der Waals surface area contributed by atoms with Crippen molar-refractivity contribution in [1.29, 1.82) is 0 Å². The highest BCUT2D eigenvalue weighted by Gasteiger charge is 2.28. The zero-order chi connectivity index (χ0) is 12.3. The van der Waals surface area contributed by atoms with Gasteiger partial charge >= 0.3 is 0 Å². The van der Waals surface area contributed by atoms with Crippen LogP contribution in [0.1, 0.15) is 12.5 Å². The Morgan fingerprint density at radius 2 is 1.94 bits per heavy atom. The molecule has 4 heteroatoms. The van der Waals surface area contributed by atoms with Gasteiger partial charge in [0.15, 0.2) is 5.78 Å². The van der Waals surface area contributed by atoms with Crippen LogP contribution in [0.25, 0.3) is 0 Å². The summed E-state index contributed by atoms with van der Waals surface area (Å²) in [5, 5.41) is 9.73. The molecule has 0 radical (unpaired) electrons. The predicted octanol–water partition coefficient (Wildman–Crippen LogP) is 2.74. The number of thioether (sulfide) groups is 2. The second-order valence-corrected chi connectivity index (χ2v) is 6.91. The Bertz CT molecular complexity index is 389. The first-order valence-corrected chi connectivity index (χ1v) is 7.80. The molecule has 1 aliphatic heterocycles. The monoisotopic (exact) mass is 268 g/mol. The number of phenolic OH excluding ortho intramolecular Hbond substituents is 1. The first-order chi connectivity index (χ1) is 8.16. The number of rotatable bonds is 3. The highest BCUT2D eigenvalue weighted by molar-refractivity contribution is 8.07. The van der Waals surface area contributed by atoms with Crippen molar-refractivity contribution in [3.63, 3.8) is 0 Å². The number of carbonyl (C=O) groups excluding carboxylic acids is 1. The highest BCUT2D eigenvalue weighted by atomic mass is 32.2. The maximum atomic E-state index is 12.2. The second-order valence-electron chi connectivity index (χ2n) is 4.18. The maximum Gasteiger partial charge on any atom is 0.151 e. The van der Waals surface area contributed by atoms with Crippen LogP contribution in [0.15, 0.2) is 24.3 Å². The summed E-state index contributed by atoms with van der Waals surface area (Å²) in [7, 11) is 0. The lowest BCUT2D eigenvalue weighted by Crippen LogP contribution is -2.32. The topological polar surface area (TPSA) is 37.3 Å². The van der Waals surface area contributed by atoms with Gasteiger partial charge in [-0.1, -0.05) is 19.1 Å². The fourth-order valence-corrected chi connectivity index (χ4v) is 4.64. The molecule has 1 fully saturated rings. The molecular weight excluding hydrogens is 252 g/mol. The van der Waals surface area contributed by atoms with Gasteiger partial charge in [-0.05, 0) is 17.7 Å². The van der Waals surface area contributed by atoms with Crippen LogP contribution in [-0.2, 0) is 11.2 Å². The zero-order valence-electron chi connectivity index (χ0n) is 9.76. The number of ketones is 1. The summed E-state index contributed by atoms with van der Waals surface area (Å²) in [6, 6.07) is 6.90. The lowest BCUT2D eigenvalue weighted by molar-refractivity contribution is -0.117. The van der Waals surface area contributed by atoms with E-state index in [4.69, 9.17) is 0 Å². The van der Waals surface area contributed by atoms with Crippen LogP contribution in [0.4, 0.5) is 0 Å². The zero-order valence-corrected chi connectivity index (χ0v) is 11.4. The normalized spacial score (nSPS) is 24.5. The third kappa shape index (κ3) is 3.42. The number of hydrogen-bond acceptors (Lipinski definition) is 4. The summed E-state index contributed by atoms with van der Waals surface area (Å²) in [5.74, 6) is 2.77. The molecule has 2 rings (SSSR count). The fraction of sp³-hybridized carbons (Fsp3) is 0.462. The Kier molecular flexibility index (Phi) is 4.40. The van der Waals surface area contributed by atoms with E-state index < -0.39 is 0 Å². The molecule has 1 aliphatic rings. The predicted molar refractivity (Wildman–Crippen MR) is 75.0 cm³/mol. The first kappa shape index (κ1) is 12.8. The number of aromatic hydroxyl groups is 1. The summed E-state index contributed by atoms with van der Waals surface area (Å²) in [4.78, 5) is 12.2. The average molecular weight is 268 g/mol. The third-order valence-electron chi connectivity index (χ3n) is 2.82. The van der Waals surface area contributed by atoms with E-state index in [9.17, 15) is 9.90 Å². The molecule has 1 N–H and O–H groups in total. The number of Topliss-reactive ketones (excluding diaryl/α,β-unsaturated/α-hetero) is 1. The van der Waals surface area contributed by atoms with Gasteiger partial charge in [-0.3, -0.25) is 4.79 Å². The Balaban J connectivity index is 1.98. The van der Waals surface area contributed by atoms with E-state index in [-0.39, 0.29) is 11.0 Å². The van der Waals surface area contributed by atoms with Crippen LogP contribution in [0.2, 0.25) is 0 Å². The van der Waals surface area contributed by atoms with E-state index >= 15 is 0 Å². The Labute approximate surface area is 110 Å². The van der Waals surface area contributed by atoms with E-state index in [1.807, 2.05) is 23.9 Å². The maximum absolute atomic E-state index is 12.2. The molecule has 0 aliphatic carbocycles. The number of hydrogen-bond donors (Lipinski definition) is 1. The summed E-state index contributed by atoms with van der Waals surface area (Å²) >= 11 is 3.67. The quantitative estimate of drug-likeness (QED) is 0.914. The first-order valence-electron chi connectivity index (χ1n) is 5.70. The number of phenols is 1. The SMILES string of the molecule is CC1SCCSC1C(=O)Cc1ccc(O)cc1. The molecule has 17 heavy (non-hydrogen) atoms. The lowest BCUT2D eigenvalue weighted by Gasteiger charge is -2.26. The molecule has 1 heterocycles. The minimum absolute atomic E-state index is 0.127. The Morgan fingerprint density at radius 1 is 1.29 bits per heavy atom. The smallest absolute Gasteiger partial charge is 0.151 e. The van der Waals surface area contributed by atoms with Crippen LogP contribution in [0, 0.1) is 0 Å². The average Bonchev–Trinajstić information content (AvgIpc) is 2.32. The molecule has 0 amide bonds. The Hall–Kier alpha value is -0.610. The fourth-order valence-electron chi connectivity index (χ4n) is 1.90. The molecule has 1 saturated heterocycles. The molecule has 0 aromatic heterocycles. The van der Waals surface area contributed by atoms with Gasteiger partial charge in [0.1, 0.15) is 5.75 Å². The van der Waals surface area contributed by atoms with Gasteiger partial charge in [0.2, 0.25) is 0 Å². The molecule has 1 aromatic carbocycles. The van der Waals surface area contributed by atoms with Crippen LogP contribution < -0.4 is 0 Å². The van der Waals surface area contributed by atoms with Crippen molar-refractivity contribution < 1.29 is 9.90 Å². The van der Waals surface area contributed by atoms with E-state index in [1.165, 1.54) is 0 Å². The van der Waals surface area contributed by atoms with Crippen molar-refractivity contribution in [2.45, 2.75) is 23.8 Å². The molecule has 0 spiro atoms. The van der Waals surface area contributed by atoms with Crippen molar-refractivity contribution in [1.82, 2.24) is 0 Å². The molecular formula is C13H16O2S2. The molecule has 0 saturated carbocycles. The third-order valence-corrected chi connectivity index (χ3v) is 5.96. The molecule has 92 valence electrons. The van der Waals surface area contributed by atoms with Crippen LogP contribution in [0.5, 0.6) is 5.75 Å². The minimum atomic E-state index is 0.127. The van der Waals surface area contributed by atoms with Crippen molar-refractivity contribution in [3.8, 4) is 5.75 Å². The van der Waals surface area contributed by atoms with Crippen LogP contribution in [-0.4, -0.2) is 32.9 Å². The van der Waals surface area contributed by atoms with Crippen molar-refractivity contribution in [2.75, 3.05) is 11.5 Å². The van der Waals surface area contributed by atoms with Gasteiger partial charge in [0, 0.05) is 23.2 Å². The highest BCUT2D eigenvalue weighted by Crippen LogP contribution is 2.32. The van der Waals surface area contributed by atoms with Gasteiger partial charge in [0.05, 0.1) is 5.25 Å². The summed E-state index contributed by atoms with van der Waals surface area (Å²) < 4.78 is 0. The molecule has 0 bridgehead atoms. The molecule has 2 nitrogen and oxygen atoms in total. The van der Waals surface area contributed by atoms with Gasteiger partial charge in [-0.2, -0.15) is 11.8 Å². The molecule has 1 aromatic rings. The second kappa shape index (κ2) is 5.83. The van der Waals surface area contributed by atoms with E-state index in [0.717, 1.165) is 17.1 Å². The van der Waals surface area contributed by atoms with Gasteiger partial charge in [-0.15, -0.1) is 11.8 Å². The summed E-state index contributed by atoms with van der Waals surface area (Å²) in [6.45, 7) is 2.14. The summed E-state index contributed by atoms with van der Waals surface area (Å²) in [6.07, 6.45) is 0.475. The van der Waals surface area contributed by atoms with Gasteiger partial charge < -0.3 is 5.11 Å². The number of benzene rings is 1. The number of carbonyl (C=O) groups is 1. The van der Waals surface area contributed by atoms with Gasteiger partial charge in [0.25, 0.3) is 0 Å². The van der Waals surface area contributed by atoms with E-state index in [2.05, 4.69) is 6.92 Å².